The molecule has 1 aliphatic heterocycles. The second-order valence-electron chi connectivity index (χ2n) is 7.23. The number of para-hydroxylation sites is 1. The van der Waals surface area contributed by atoms with Crippen LogP contribution >= 0.6 is 11.3 Å². The van der Waals surface area contributed by atoms with Gasteiger partial charge in [0.1, 0.15) is 11.9 Å². The number of benzene rings is 1. The Labute approximate surface area is 178 Å². The van der Waals surface area contributed by atoms with E-state index in [0.29, 0.717) is 23.1 Å². The zero-order valence-electron chi connectivity index (χ0n) is 17.1. The molecule has 1 aromatic carbocycles. The fraction of sp³-hybridized carbons (Fsp3) is 0.400. The molecule has 0 spiro atoms. The van der Waals surface area contributed by atoms with Crippen LogP contribution in [0.5, 0.6) is 0 Å². The lowest BCUT2D eigenvalue weighted by Gasteiger charge is -2.41. The number of amides is 3. The van der Waals surface area contributed by atoms with Crippen molar-refractivity contribution in [1.82, 2.24) is 19.7 Å². The smallest absolute Gasteiger partial charge is 0.246 e. The lowest BCUT2D eigenvalue weighted by molar-refractivity contribution is -0.150. The molecule has 160 valence electrons. The van der Waals surface area contributed by atoms with Crippen LogP contribution in [0.4, 0.5) is 15.2 Å². The molecule has 0 aliphatic carbocycles. The molecule has 1 unspecified atom stereocenters. The predicted molar refractivity (Wildman–Crippen MR) is 112 cm³/mol. The van der Waals surface area contributed by atoms with Gasteiger partial charge in [-0.2, -0.15) is 0 Å². The zero-order valence-corrected chi connectivity index (χ0v) is 17.9. The van der Waals surface area contributed by atoms with Crippen LogP contribution in [0, 0.1) is 5.82 Å². The molecule has 1 fully saturated rings. The number of nitrogens with zero attached hydrogens (tertiary/aromatic N) is 4. The van der Waals surface area contributed by atoms with E-state index in [2.05, 4.69) is 10.3 Å². The Morgan fingerprint density at radius 1 is 1.27 bits per heavy atom. The van der Waals surface area contributed by atoms with Gasteiger partial charge in [0.25, 0.3) is 0 Å². The van der Waals surface area contributed by atoms with Crippen molar-refractivity contribution in [1.29, 1.82) is 0 Å². The number of thiazole rings is 1. The maximum atomic E-state index is 13.8. The van der Waals surface area contributed by atoms with Gasteiger partial charge in [0.05, 0.1) is 24.3 Å². The summed E-state index contributed by atoms with van der Waals surface area (Å²) in [5, 5.41) is 5.12. The minimum absolute atomic E-state index is 0.0206. The van der Waals surface area contributed by atoms with E-state index in [9.17, 15) is 18.8 Å². The first kappa shape index (κ1) is 21.7. The van der Waals surface area contributed by atoms with Gasteiger partial charge in [-0.05, 0) is 12.1 Å². The van der Waals surface area contributed by atoms with E-state index >= 15 is 0 Å². The summed E-state index contributed by atoms with van der Waals surface area (Å²) in [5.74, 6) is -0.976. The highest BCUT2D eigenvalue weighted by molar-refractivity contribution is 7.13. The van der Waals surface area contributed by atoms with E-state index in [4.69, 9.17) is 0 Å². The summed E-state index contributed by atoms with van der Waals surface area (Å²) in [6.45, 7) is 2.30. The molecule has 10 heteroatoms. The number of carbonyl (C=O) groups excluding carboxylic acids is 3. The molecule has 0 saturated carbocycles. The van der Waals surface area contributed by atoms with Crippen LogP contribution in [0.3, 0.4) is 0 Å². The Bertz CT molecular complexity index is 948. The number of piperazine rings is 1. The average molecular weight is 434 g/mol. The predicted octanol–water partition coefficient (Wildman–Crippen LogP) is 1.72. The highest BCUT2D eigenvalue weighted by Gasteiger charge is 2.37. The van der Waals surface area contributed by atoms with Crippen LogP contribution in [0.1, 0.15) is 12.6 Å². The average Bonchev–Trinajstić information content (AvgIpc) is 3.15. The quantitative estimate of drug-likeness (QED) is 0.776. The molecule has 1 aliphatic rings. The zero-order chi connectivity index (χ0) is 21.8. The third kappa shape index (κ3) is 4.93. The topological polar surface area (TPSA) is 85.9 Å². The van der Waals surface area contributed by atoms with Gasteiger partial charge in [-0.25, -0.2) is 9.37 Å². The van der Waals surface area contributed by atoms with E-state index in [1.54, 1.807) is 42.6 Å². The Kier molecular flexibility index (Phi) is 6.66. The van der Waals surface area contributed by atoms with Crippen molar-refractivity contribution < 1.29 is 18.8 Å². The Morgan fingerprint density at radius 2 is 2.00 bits per heavy atom. The number of halogens is 1. The van der Waals surface area contributed by atoms with Crippen LogP contribution in [0.25, 0.3) is 0 Å². The molecule has 0 radical (unpaired) electrons. The number of rotatable bonds is 5. The van der Waals surface area contributed by atoms with Gasteiger partial charge in [-0.1, -0.05) is 12.1 Å². The molecule has 1 saturated heterocycles. The molecule has 1 N–H and O–H groups in total. The summed E-state index contributed by atoms with van der Waals surface area (Å²) in [4.78, 5) is 46.2. The molecule has 0 bridgehead atoms. The van der Waals surface area contributed by atoms with Crippen molar-refractivity contribution in [2.24, 2.45) is 0 Å². The van der Waals surface area contributed by atoms with E-state index in [1.807, 2.05) is 0 Å². The first-order valence-corrected chi connectivity index (χ1v) is 10.4. The van der Waals surface area contributed by atoms with Crippen molar-refractivity contribution >= 4 is 39.9 Å². The minimum atomic E-state index is -0.722. The Morgan fingerprint density at radius 3 is 2.67 bits per heavy atom. The highest BCUT2D eigenvalue weighted by atomic mass is 32.1. The number of nitrogens with one attached hydrogen (secondary N) is 1. The SMILES string of the molecule is CC(=O)N1CCN(C(=O)Cc2csc(Nc3ccccc3F)n2)C(C(=O)N(C)C)C1. The van der Waals surface area contributed by atoms with Gasteiger partial charge in [0, 0.05) is 39.5 Å². The lowest BCUT2D eigenvalue weighted by atomic mass is 10.1. The van der Waals surface area contributed by atoms with E-state index in [1.165, 1.54) is 34.1 Å². The van der Waals surface area contributed by atoms with Gasteiger partial charge >= 0.3 is 0 Å². The third-order valence-electron chi connectivity index (χ3n) is 4.87. The highest BCUT2D eigenvalue weighted by Crippen LogP contribution is 2.24. The molecule has 8 nitrogen and oxygen atoms in total. The van der Waals surface area contributed by atoms with Crippen molar-refractivity contribution in [2.75, 3.05) is 39.0 Å². The molecule has 1 atom stereocenters. The first-order valence-electron chi connectivity index (χ1n) is 9.48. The second kappa shape index (κ2) is 9.21. The van der Waals surface area contributed by atoms with Crippen molar-refractivity contribution in [3.05, 3.63) is 41.2 Å². The van der Waals surface area contributed by atoms with Gasteiger partial charge < -0.3 is 20.0 Å². The summed E-state index contributed by atoms with van der Waals surface area (Å²) in [6, 6.07) is 5.55. The van der Waals surface area contributed by atoms with E-state index in [0.717, 1.165) is 0 Å². The summed E-state index contributed by atoms with van der Waals surface area (Å²) in [5.41, 5.74) is 0.843. The fourth-order valence-electron chi connectivity index (χ4n) is 3.26. The number of hydrogen-bond acceptors (Lipinski definition) is 6. The van der Waals surface area contributed by atoms with Crippen molar-refractivity contribution in [3.8, 4) is 0 Å². The Balaban J connectivity index is 1.69. The van der Waals surface area contributed by atoms with Gasteiger partial charge in [0.15, 0.2) is 5.13 Å². The molecule has 3 amide bonds. The number of aromatic nitrogens is 1. The van der Waals surface area contributed by atoms with Crippen molar-refractivity contribution in [3.63, 3.8) is 0 Å². The number of carbonyl (C=O) groups is 3. The van der Waals surface area contributed by atoms with Crippen LogP contribution in [0.2, 0.25) is 0 Å². The second-order valence-corrected chi connectivity index (χ2v) is 8.08. The molecule has 2 heterocycles. The van der Waals surface area contributed by atoms with Crippen LogP contribution in [-0.2, 0) is 20.8 Å². The third-order valence-corrected chi connectivity index (χ3v) is 5.68. The maximum absolute atomic E-state index is 13.8. The van der Waals surface area contributed by atoms with E-state index < -0.39 is 11.9 Å². The molecular weight excluding hydrogens is 409 g/mol. The summed E-state index contributed by atoms with van der Waals surface area (Å²) in [7, 11) is 3.25. The fourth-order valence-corrected chi connectivity index (χ4v) is 3.98. The van der Waals surface area contributed by atoms with Crippen LogP contribution < -0.4 is 5.32 Å². The van der Waals surface area contributed by atoms with Crippen LogP contribution in [-0.4, -0.2) is 77.2 Å². The molecule has 3 rings (SSSR count). The minimum Gasteiger partial charge on any atom is -0.347 e. The van der Waals surface area contributed by atoms with Crippen molar-refractivity contribution in [2.45, 2.75) is 19.4 Å². The standard InChI is InChI=1S/C20H24FN5O3S/c1-13(27)25-8-9-26(17(11-25)19(29)24(2)3)18(28)10-14-12-30-20(22-14)23-16-7-5-4-6-15(16)21/h4-7,12,17H,8-11H2,1-3H3,(H,22,23). The normalized spacial score (nSPS) is 16.3. The van der Waals surface area contributed by atoms with Gasteiger partial charge in [0.2, 0.25) is 17.7 Å². The summed E-state index contributed by atoms with van der Waals surface area (Å²) < 4.78 is 13.8. The first-order chi connectivity index (χ1) is 14.3. The molecule has 2 aromatic rings. The Hall–Kier alpha value is -3.01. The number of likely N-dealkylation sites (N-methyl/N-ethyl adjacent to an activating group) is 1. The van der Waals surface area contributed by atoms with E-state index in [-0.39, 0.29) is 37.2 Å². The lowest BCUT2D eigenvalue weighted by Crippen LogP contribution is -2.61. The molecular formula is C20H24FN5O3S. The summed E-state index contributed by atoms with van der Waals surface area (Å²) in [6.07, 6.45) is 0.0206. The maximum Gasteiger partial charge on any atom is 0.246 e. The van der Waals surface area contributed by atoms with Gasteiger partial charge in [-0.15, -0.1) is 11.3 Å². The monoisotopic (exact) mass is 433 g/mol. The largest absolute Gasteiger partial charge is 0.347 e. The van der Waals surface area contributed by atoms with Crippen LogP contribution in [0.15, 0.2) is 29.6 Å². The molecule has 30 heavy (non-hydrogen) atoms. The molecule has 1 aromatic heterocycles. The van der Waals surface area contributed by atoms with Gasteiger partial charge in [-0.3, -0.25) is 14.4 Å². The number of hydrogen-bond donors (Lipinski definition) is 1. The summed E-state index contributed by atoms with van der Waals surface area (Å²) >= 11 is 1.27. The number of anilines is 2.